The summed E-state index contributed by atoms with van der Waals surface area (Å²) in [6.45, 7) is 0.256. The van der Waals surface area contributed by atoms with Crippen LogP contribution in [0.4, 0.5) is 4.39 Å². The molecule has 0 aromatic heterocycles. The van der Waals surface area contributed by atoms with Gasteiger partial charge in [-0.1, -0.05) is 60.7 Å². The fraction of sp³-hybridized carbons (Fsp3) is 0.240. The van der Waals surface area contributed by atoms with E-state index >= 15 is 0 Å². The highest BCUT2D eigenvalue weighted by Gasteiger charge is 2.31. The molecule has 0 saturated heterocycles. The van der Waals surface area contributed by atoms with Crippen LogP contribution in [0.25, 0.3) is 0 Å². The molecule has 4 rings (SSSR count). The van der Waals surface area contributed by atoms with Crippen LogP contribution < -0.4 is 9.64 Å². The Kier molecular flexibility index (Phi) is 5.93. The number of nitrogens with one attached hydrogen (secondary N) is 1. The number of halogens is 1. The van der Waals surface area contributed by atoms with E-state index in [1.807, 2.05) is 74.8 Å². The minimum absolute atomic E-state index is 0.0280. The van der Waals surface area contributed by atoms with Crippen LogP contribution in [0.15, 0.2) is 72.8 Å². The maximum atomic E-state index is 14.3. The van der Waals surface area contributed by atoms with Crippen molar-refractivity contribution >= 4 is 5.78 Å². The van der Waals surface area contributed by atoms with E-state index < -0.39 is 6.29 Å². The summed E-state index contributed by atoms with van der Waals surface area (Å²) < 4.78 is 26.3. The lowest BCUT2D eigenvalue weighted by molar-refractivity contribution is -0.874. The monoisotopic (exact) mass is 406 g/mol. The molecule has 0 bridgehead atoms. The van der Waals surface area contributed by atoms with Gasteiger partial charge in [0, 0.05) is 28.7 Å². The van der Waals surface area contributed by atoms with Crippen molar-refractivity contribution in [3.05, 3.63) is 101 Å². The van der Waals surface area contributed by atoms with Crippen molar-refractivity contribution in [2.45, 2.75) is 25.4 Å². The van der Waals surface area contributed by atoms with Crippen LogP contribution in [0.5, 0.6) is 5.75 Å². The van der Waals surface area contributed by atoms with Crippen LogP contribution >= 0.6 is 0 Å². The Balaban J connectivity index is 1.65. The van der Waals surface area contributed by atoms with Gasteiger partial charge in [0.1, 0.15) is 11.6 Å². The Labute approximate surface area is 175 Å². The predicted molar refractivity (Wildman–Crippen MR) is 112 cm³/mol. The number of rotatable bonds is 6. The standard InChI is InChI=1S/C25H24FNO3/c1-27(2)22(23(28)17-9-5-3-6-10-17)15-19-13-21(26)14-20-16-29-25(30-24(19)20)18-11-7-4-8-12-18/h3-14,22,25H,15-16H2,1-2H3/p+1/t22-,25-/m1/s1. The van der Waals surface area contributed by atoms with E-state index in [0.29, 0.717) is 28.9 Å². The number of fused-ring (bicyclic) bond motifs is 1. The van der Waals surface area contributed by atoms with E-state index in [-0.39, 0.29) is 24.2 Å². The van der Waals surface area contributed by atoms with Gasteiger partial charge in [-0.3, -0.25) is 4.79 Å². The lowest BCUT2D eigenvalue weighted by Gasteiger charge is -2.29. The summed E-state index contributed by atoms with van der Waals surface area (Å²) in [5.74, 6) is 0.290. The minimum atomic E-state index is -0.558. The van der Waals surface area contributed by atoms with Gasteiger partial charge in [0.2, 0.25) is 12.1 Å². The van der Waals surface area contributed by atoms with Gasteiger partial charge in [0.15, 0.2) is 6.04 Å². The van der Waals surface area contributed by atoms with Gasteiger partial charge in [-0.15, -0.1) is 0 Å². The van der Waals surface area contributed by atoms with Crippen molar-refractivity contribution in [3.63, 3.8) is 0 Å². The number of carbonyl (C=O) groups excluding carboxylic acids is 1. The SMILES string of the molecule is C[NH+](C)[C@H](Cc1cc(F)cc2c1O[C@H](c1ccccc1)OC2)C(=O)c1ccccc1. The molecule has 0 aliphatic carbocycles. The summed E-state index contributed by atoms with van der Waals surface area (Å²) in [5.41, 5.74) is 2.90. The second-order valence-corrected chi connectivity index (χ2v) is 7.79. The van der Waals surface area contributed by atoms with E-state index in [9.17, 15) is 9.18 Å². The van der Waals surface area contributed by atoms with Gasteiger partial charge in [-0.05, 0) is 12.1 Å². The van der Waals surface area contributed by atoms with Crippen molar-refractivity contribution in [1.29, 1.82) is 0 Å². The van der Waals surface area contributed by atoms with E-state index in [1.165, 1.54) is 12.1 Å². The third-order valence-corrected chi connectivity index (χ3v) is 5.39. The normalized spacial score (nSPS) is 16.6. The van der Waals surface area contributed by atoms with E-state index in [2.05, 4.69) is 0 Å². The van der Waals surface area contributed by atoms with E-state index in [4.69, 9.17) is 9.47 Å². The fourth-order valence-electron chi connectivity index (χ4n) is 3.79. The number of Topliss-reactive ketones (excluding diaryl/α,β-unsaturated/α-hetero) is 1. The van der Waals surface area contributed by atoms with Crippen molar-refractivity contribution in [2.75, 3.05) is 14.1 Å². The zero-order valence-corrected chi connectivity index (χ0v) is 17.1. The molecule has 0 spiro atoms. The highest BCUT2D eigenvalue weighted by Crippen LogP contribution is 2.37. The van der Waals surface area contributed by atoms with Crippen LogP contribution in [0, 0.1) is 5.82 Å². The molecule has 3 aromatic carbocycles. The lowest BCUT2D eigenvalue weighted by atomic mass is 9.94. The van der Waals surface area contributed by atoms with Gasteiger partial charge in [0.05, 0.1) is 20.7 Å². The Morgan fingerprint density at radius 1 is 1.07 bits per heavy atom. The topological polar surface area (TPSA) is 40.0 Å². The number of ether oxygens (including phenoxy) is 2. The lowest BCUT2D eigenvalue weighted by Crippen LogP contribution is -3.11. The molecule has 0 saturated carbocycles. The predicted octanol–water partition coefficient (Wildman–Crippen LogP) is 3.37. The fourth-order valence-corrected chi connectivity index (χ4v) is 3.79. The third kappa shape index (κ3) is 4.27. The van der Waals surface area contributed by atoms with Crippen molar-refractivity contribution in [1.82, 2.24) is 0 Å². The number of likely N-dealkylation sites (N-methyl/N-ethyl adjacent to an activating group) is 1. The summed E-state index contributed by atoms with van der Waals surface area (Å²) in [7, 11) is 3.88. The molecule has 0 amide bonds. The molecule has 2 atom stereocenters. The molecule has 4 nitrogen and oxygen atoms in total. The quantitative estimate of drug-likeness (QED) is 0.638. The van der Waals surface area contributed by atoms with Crippen molar-refractivity contribution in [3.8, 4) is 5.75 Å². The van der Waals surface area contributed by atoms with E-state index in [1.54, 1.807) is 0 Å². The van der Waals surface area contributed by atoms with Crippen molar-refractivity contribution in [2.24, 2.45) is 0 Å². The first kappa shape index (κ1) is 20.3. The molecule has 1 heterocycles. The molecule has 0 fully saturated rings. The molecule has 3 aromatic rings. The summed E-state index contributed by atoms with van der Waals surface area (Å²) in [6, 6.07) is 21.4. The maximum Gasteiger partial charge on any atom is 0.227 e. The summed E-state index contributed by atoms with van der Waals surface area (Å²) in [4.78, 5) is 14.1. The Morgan fingerprint density at radius 2 is 1.73 bits per heavy atom. The molecule has 154 valence electrons. The number of hydrogen-bond acceptors (Lipinski definition) is 3. The number of hydrogen-bond donors (Lipinski definition) is 1. The Bertz CT molecular complexity index is 1020. The maximum absolute atomic E-state index is 14.3. The molecular formula is C25H25FNO3+. The molecule has 5 heteroatoms. The molecule has 1 N–H and O–H groups in total. The van der Waals surface area contributed by atoms with Crippen LogP contribution in [-0.2, 0) is 17.8 Å². The molecule has 1 aliphatic heterocycles. The molecule has 1 aliphatic rings. The molecule has 30 heavy (non-hydrogen) atoms. The van der Waals surface area contributed by atoms with Crippen LogP contribution in [0.2, 0.25) is 0 Å². The minimum Gasteiger partial charge on any atom is -0.460 e. The van der Waals surface area contributed by atoms with Crippen LogP contribution in [-0.4, -0.2) is 25.9 Å². The summed E-state index contributed by atoms with van der Waals surface area (Å²) in [5, 5.41) is 0. The van der Waals surface area contributed by atoms with Gasteiger partial charge < -0.3 is 14.4 Å². The second-order valence-electron chi connectivity index (χ2n) is 7.79. The molecule has 0 unspecified atom stereocenters. The third-order valence-electron chi connectivity index (χ3n) is 5.39. The second kappa shape index (κ2) is 8.78. The Hall–Kier alpha value is -3.02. The number of quaternary nitrogens is 1. The Morgan fingerprint density at radius 3 is 2.40 bits per heavy atom. The smallest absolute Gasteiger partial charge is 0.227 e. The average Bonchev–Trinajstić information content (AvgIpc) is 2.77. The summed E-state index contributed by atoms with van der Waals surface area (Å²) >= 11 is 0. The zero-order chi connectivity index (χ0) is 21.1. The molecule has 0 radical (unpaired) electrons. The van der Waals surface area contributed by atoms with Crippen LogP contribution in [0.3, 0.4) is 0 Å². The first-order chi connectivity index (χ1) is 14.5. The number of carbonyl (C=O) groups is 1. The number of ketones is 1. The van der Waals surface area contributed by atoms with E-state index in [0.717, 1.165) is 10.5 Å². The van der Waals surface area contributed by atoms with Gasteiger partial charge in [-0.2, -0.15) is 0 Å². The number of benzene rings is 3. The highest BCUT2D eigenvalue weighted by molar-refractivity contribution is 5.99. The largest absolute Gasteiger partial charge is 0.460 e. The van der Waals surface area contributed by atoms with Crippen molar-refractivity contribution < 1.29 is 23.6 Å². The van der Waals surface area contributed by atoms with Gasteiger partial charge >= 0.3 is 0 Å². The van der Waals surface area contributed by atoms with Gasteiger partial charge in [0.25, 0.3) is 0 Å². The highest BCUT2D eigenvalue weighted by atomic mass is 19.1. The zero-order valence-electron chi connectivity index (χ0n) is 17.1. The van der Waals surface area contributed by atoms with Crippen LogP contribution in [0.1, 0.15) is 33.3 Å². The first-order valence-electron chi connectivity index (χ1n) is 10.1. The van der Waals surface area contributed by atoms with Gasteiger partial charge in [-0.25, -0.2) is 4.39 Å². The average molecular weight is 406 g/mol. The molecular weight excluding hydrogens is 381 g/mol. The first-order valence-corrected chi connectivity index (χ1v) is 10.1. The summed E-state index contributed by atoms with van der Waals surface area (Å²) in [6.07, 6.45) is -0.185.